The van der Waals surface area contributed by atoms with Gasteiger partial charge < -0.3 is 24.5 Å². The monoisotopic (exact) mass is 538 g/mol. The second kappa shape index (κ2) is 11.0. The van der Waals surface area contributed by atoms with Crippen LogP contribution >= 0.6 is 11.6 Å². The number of carbonyl (C=O) groups is 1. The molecule has 2 unspecified atom stereocenters. The van der Waals surface area contributed by atoms with Crippen LogP contribution in [0.15, 0.2) is 48.9 Å². The van der Waals surface area contributed by atoms with Crippen LogP contribution in [-0.2, 0) is 6.54 Å². The van der Waals surface area contributed by atoms with Crippen molar-refractivity contribution in [3.63, 3.8) is 0 Å². The Hall–Kier alpha value is -3.28. The smallest absolute Gasteiger partial charge is 0.495 e. The molecule has 198 valence electrons. The first-order valence-electron chi connectivity index (χ1n) is 11.4. The molecular formula is C25H26ClF3N4O4. The summed E-state index contributed by atoms with van der Waals surface area (Å²) >= 11 is 5.98. The summed E-state index contributed by atoms with van der Waals surface area (Å²) in [7, 11) is 1.51. The number of carbonyl (C=O) groups excluding carboxylic acids is 1. The summed E-state index contributed by atoms with van der Waals surface area (Å²) in [5, 5.41) is 13.4. The van der Waals surface area contributed by atoms with Crippen LogP contribution in [0.2, 0.25) is 5.02 Å². The van der Waals surface area contributed by atoms with Crippen molar-refractivity contribution in [3.8, 4) is 17.2 Å². The number of nitrogens with zero attached hydrogens (tertiary/aromatic N) is 3. The molecule has 0 saturated carbocycles. The number of halogens is 4. The van der Waals surface area contributed by atoms with Crippen LogP contribution in [0.1, 0.15) is 28.0 Å². The van der Waals surface area contributed by atoms with Gasteiger partial charge in [-0.15, -0.1) is 13.2 Å². The van der Waals surface area contributed by atoms with Gasteiger partial charge in [-0.2, -0.15) is 0 Å². The SMILES string of the molecule is COc1cc(C(=O)NC2CC(O)CN(Cc3cc(Cl)cc(OC(F)(F)F)c3)C2)ccc1-n1cnc(C)c1. The van der Waals surface area contributed by atoms with Crippen LogP contribution in [0, 0.1) is 6.92 Å². The minimum Gasteiger partial charge on any atom is -0.495 e. The summed E-state index contributed by atoms with van der Waals surface area (Å²) in [6.45, 7) is 2.76. The summed E-state index contributed by atoms with van der Waals surface area (Å²) < 4.78 is 49.1. The number of alkyl halides is 3. The number of benzene rings is 2. The quantitative estimate of drug-likeness (QED) is 0.471. The minimum absolute atomic E-state index is 0.0995. The molecule has 1 saturated heterocycles. The van der Waals surface area contributed by atoms with Gasteiger partial charge in [-0.25, -0.2) is 4.98 Å². The van der Waals surface area contributed by atoms with E-state index in [4.69, 9.17) is 16.3 Å². The van der Waals surface area contributed by atoms with E-state index in [1.165, 1.54) is 19.2 Å². The number of amides is 1. The van der Waals surface area contributed by atoms with Crippen molar-refractivity contribution in [2.45, 2.75) is 38.4 Å². The molecule has 12 heteroatoms. The van der Waals surface area contributed by atoms with Crippen LogP contribution in [0.25, 0.3) is 5.69 Å². The van der Waals surface area contributed by atoms with Crippen molar-refractivity contribution < 1.29 is 32.5 Å². The Balaban J connectivity index is 1.43. The van der Waals surface area contributed by atoms with Crippen LogP contribution in [0.5, 0.6) is 11.5 Å². The number of likely N-dealkylation sites (tertiary alicyclic amines) is 1. The van der Waals surface area contributed by atoms with Gasteiger partial charge >= 0.3 is 6.36 Å². The first kappa shape index (κ1) is 26.8. The van der Waals surface area contributed by atoms with E-state index in [1.54, 1.807) is 29.1 Å². The number of ether oxygens (including phenoxy) is 2. The average Bonchev–Trinajstić information content (AvgIpc) is 3.22. The highest BCUT2D eigenvalue weighted by Crippen LogP contribution is 2.28. The molecule has 0 spiro atoms. The first-order chi connectivity index (χ1) is 17.5. The number of aromatic nitrogens is 2. The van der Waals surface area contributed by atoms with Crippen LogP contribution < -0.4 is 14.8 Å². The molecule has 1 amide bonds. The summed E-state index contributed by atoms with van der Waals surface area (Å²) in [5.74, 6) is -0.261. The molecule has 2 N–H and O–H groups in total. The van der Waals surface area contributed by atoms with Crippen LogP contribution in [-0.4, -0.2) is 64.2 Å². The molecular weight excluding hydrogens is 513 g/mol. The van der Waals surface area contributed by atoms with E-state index in [-0.39, 0.29) is 23.5 Å². The van der Waals surface area contributed by atoms with E-state index in [9.17, 15) is 23.1 Å². The molecule has 1 aliphatic rings. The Bertz CT molecular complexity index is 1270. The fourth-order valence-corrected chi connectivity index (χ4v) is 4.66. The zero-order valence-corrected chi connectivity index (χ0v) is 20.9. The number of piperidine rings is 1. The molecule has 8 nitrogen and oxygen atoms in total. The molecule has 2 heterocycles. The minimum atomic E-state index is -4.84. The topological polar surface area (TPSA) is 88.9 Å². The highest BCUT2D eigenvalue weighted by atomic mass is 35.5. The number of β-amino-alcohol motifs (C(OH)–C–C–N with tert-alkyl or cyclic N) is 1. The summed E-state index contributed by atoms with van der Waals surface area (Å²) in [6.07, 6.45) is -1.73. The Morgan fingerprint density at radius 3 is 2.70 bits per heavy atom. The van der Waals surface area contributed by atoms with E-state index in [2.05, 4.69) is 15.0 Å². The summed E-state index contributed by atoms with van der Waals surface area (Å²) in [4.78, 5) is 19.0. The van der Waals surface area contributed by atoms with Gasteiger partial charge in [0.2, 0.25) is 0 Å². The highest BCUT2D eigenvalue weighted by Gasteiger charge is 2.32. The maximum atomic E-state index is 13.0. The Labute approximate surface area is 216 Å². The van der Waals surface area contributed by atoms with Gasteiger partial charge in [-0.1, -0.05) is 11.6 Å². The standard InChI is InChI=1S/C25H26ClF3N4O4/c1-15-10-33(14-30-15)22-4-3-17(7-23(22)36-2)24(35)31-19-9-20(34)13-32(12-19)11-16-5-18(26)8-21(6-16)37-25(27,28)29/h3-8,10,14,19-20,34H,9,11-13H2,1-2H3,(H,31,35). The van der Waals surface area contributed by atoms with Gasteiger partial charge in [0, 0.05) is 42.5 Å². The second-order valence-corrected chi connectivity index (χ2v) is 9.34. The Kier molecular flexibility index (Phi) is 7.96. The number of imidazole rings is 1. The number of hydrogen-bond donors (Lipinski definition) is 2. The zero-order valence-electron chi connectivity index (χ0n) is 20.1. The predicted molar refractivity (Wildman–Crippen MR) is 130 cm³/mol. The second-order valence-electron chi connectivity index (χ2n) is 8.91. The Morgan fingerprint density at radius 1 is 1.24 bits per heavy atom. The summed E-state index contributed by atoms with van der Waals surface area (Å²) in [5.41, 5.74) is 2.44. The molecule has 37 heavy (non-hydrogen) atoms. The lowest BCUT2D eigenvalue weighted by Gasteiger charge is -2.36. The lowest BCUT2D eigenvalue weighted by molar-refractivity contribution is -0.274. The third-order valence-corrected chi connectivity index (χ3v) is 6.06. The lowest BCUT2D eigenvalue weighted by Crippen LogP contribution is -2.52. The van der Waals surface area contributed by atoms with E-state index in [0.29, 0.717) is 36.4 Å². The molecule has 0 bridgehead atoms. The van der Waals surface area contributed by atoms with Crippen molar-refractivity contribution >= 4 is 17.5 Å². The molecule has 0 aliphatic carbocycles. The molecule has 3 aromatic rings. The van der Waals surface area contributed by atoms with E-state index < -0.39 is 18.2 Å². The molecule has 1 aromatic heterocycles. The van der Waals surface area contributed by atoms with Gasteiger partial charge in [0.05, 0.1) is 30.9 Å². The Morgan fingerprint density at radius 2 is 2.03 bits per heavy atom. The van der Waals surface area contributed by atoms with Crippen molar-refractivity contribution in [1.29, 1.82) is 0 Å². The third-order valence-electron chi connectivity index (χ3n) is 5.84. The van der Waals surface area contributed by atoms with E-state index in [0.717, 1.165) is 17.4 Å². The van der Waals surface area contributed by atoms with Gasteiger partial charge in [0.15, 0.2) is 0 Å². The number of rotatable bonds is 7. The highest BCUT2D eigenvalue weighted by molar-refractivity contribution is 6.30. The number of methoxy groups -OCH3 is 1. The third kappa shape index (κ3) is 7.15. The van der Waals surface area contributed by atoms with Crippen molar-refractivity contribution in [3.05, 3.63) is 70.8 Å². The normalized spacial score (nSPS) is 18.5. The van der Waals surface area contributed by atoms with Crippen molar-refractivity contribution in [2.24, 2.45) is 0 Å². The zero-order chi connectivity index (χ0) is 26.7. The maximum absolute atomic E-state index is 13.0. The average molecular weight is 539 g/mol. The largest absolute Gasteiger partial charge is 0.573 e. The summed E-state index contributed by atoms with van der Waals surface area (Å²) in [6, 6.07) is 8.55. The van der Waals surface area contributed by atoms with Gasteiger partial charge in [0.25, 0.3) is 5.91 Å². The number of aliphatic hydroxyl groups is 1. The number of aliphatic hydroxyl groups excluding tert-OH is 1. The number of aryl methyl sites for hydroxylation is 1. The van der Waals surface area contributed by atoms with Crippen LogP contribution in [0.4, 0.5) is 13.2 Å². The molecule has 4 rings (SSSR count). The molecule has 0 radical (unpaired) electrons. The fourth-order valence-electron chi connectivity index (χ4n) is 4.41. The van der Waals surface area contributed by atoms with Gasteiger partial charge in [-0.3, -0.25) is 9.69 Å². The van der Waals surface area contributed by atoms with Crippen molar-refractivity contribution in [1.82, 2.24) is 19.8 Å². The molecule has 2 aromatic carbocycles. The molecule has 2 atom stereocenters. The van der Waals surface area contributed by atoms with E-state index in [1.807, 2.05) is 18.0 Å². The van der Waals surface area contributed by atoms with Crippen LogP contribution in [0.3, 0.4) is 0 Å². The first-order valence-corrected chi connectivity index (χ1v) is 11.8. The fraction of sp³-hybridized carbons (Fsp3) is 0.360. The lowest BCUT2D eigenvalue weighted by atomic mass is 10.0. The van der Waals surface area contributed by atoms with Crippen molar-refractivity contribution in [2.75, 3.05) is 20.2 Å². The predicted octanol–water partition coefficient (Wildman–Crippen LogP) is 4.11. The maximum Gasteiger partial charge on any atom is 0.573 e. The van der Waals surface area contributed by atoms with E-state index >= 15 is 0 Å². The molecule has 1 fully saturated rings. The molecule has 1 aliphatic heterocycles. The number of hydrogen-bond acceptors (Lipinski definition) is 6. The number of nitrogens with one attached hydrogen (secondary N) is 1. The van der Waals surface area contributed by atoms with Gasteiger partial charge in [-0.05, 0) is 55.3 Å². The van der Waals surface area contributed by atoms with Gasteiger partial charge in [0.1, 0.15) is 11.5 Å².